The molecule has 0 aliphatic carbocycles. The number of aliphatic hydroxyl groups is 1. The Kier molecular flexibility index (Phi) is 3.46. The number of hydrogen-bond acceptors (Lipinski definition) is 3. The van der Waals surface area contributed by atoms with Crippen LogP contribution < -0.4 is 10.1 Å². The third kappa shape index (κ3) is 2.20. The molecule has 3 nitrogen and oxygen atoms in total. The summed E-state index contributed by atoms with van der Waals surface area (Å²) in [5.41, 5.74) is 2.18. The van der Waals surface area contributed by atoms with Gasteiger partial charge in [0.15, 0.2) is 0 Å². The molecule has 2 rings (SSSR count). The molecule has 0 saturated carbocycles. The van der Waals surface area contributed by atoms with Gasteiger partial charge in [-0.2, -0.15) is 0 Å². The fourth-order valence-corrected chi connectivity index (χ4v) is 2.01. The Morgan fingerprint density at radius 2 is 2.25 bits per heavy atom. The summed E-state index contributed by atoms with van der Waals surface area (Å²) in [6, 6.07) is 6.04. The molecule has 0 bridgehead atoms. The maximum atomic E-state index is 10.1. The van der Waals surface area contributed by atoms with Crippen LogP contribution in [-0.4, -0.2) is 24.8 Å². The predicted molar refractivity (Wildman–Crippen MR) is 63.7 cm³/mol. The average Bonchev–Trinajstić information content (AvgIpc) is 2.36. The lowest BCUT2D eigenvalue weighted by atomic mass is 9.98. The van der Waals surface area contributed by atoms with E-state index in [9.17, 15) is 5.11 Å². The highest BCUT2D eigenvalue weighted by molar-refractivity contribution is 5.39. The first-order valence-corrected chi connectivity index (χ1v) is 5.83. The molecule has 88 valence electrons. The van der Waals surface area contributed by atoms with Crippen LogP contribution in [0.25, 0.3) is 0 Å². The lowest BCUT2D eigenvalue weighted by molar-refractivity contribution is 0.140. The number of hydrogen-bond donors (Lipinski definition) is 2. The zero-order valence-corrected chi connectivity index (χ0v) is 9.86. The SMILES string of the molecule is CN[C@H](C)[C@H](O)c1ccc2c(c1)CCCO2. The van der Waals surface area contributed by atoms with Gasteiger partial charge >= 0.3 is 0 Å². The van der Waals surface area contributed by atoms with Crippen LogP contribution >= 0.6 is 0 Å². The van der Waals surface area contributed by atoms with E-state index in [0.717, 1.165) is 30.8 Å². The smallest absolute Gasteiger partial charge is 0.122 e. The van der Waals surface area contributed by atoms with E-state index in [2.05, 4.69) is 11.4 Å². The Morgan fingerprint density at radius 1 is 1.44 bits per heavy atom. The number of nitrogens with one attached hydrogen (secondary N) is 1. The molecule has 1 heterocycles. The molecule has 2 atom stereocenters. The second-order valence-electron chi connectivity index (χ2n) is 4.34. The van der Waals surface area contributed by atoms with Crippen molar-refractivity contribution in [1.29, 1.82) is 0 Å². The minimum absolute atomic E-state index is 0.0579. The molecular weight excluding hydrogens is 202 g/mol. The van der Waals surface area contributed by atoms with Crippen LogP contribution in [0, 0.1) is 0 Å². The molecular formula is C13H19NO2. The Bertz CT molecular complexity index is 365. The third-order valence-electron chi connectivity index (χ3n) is 3.20. The quantitative estimate of drug-likeness (QED) is 0.815. The van der Waals surface area contributed by atoms with Gasteiger partial charge in [-0.25, -0.2) is 0 Å². The van der Waals surface area contributed by atoms with Crippen LogP contribution in [0.5, 0.6) is 5.75 Å². The zero-order valence-electron chi connectivity index (χ0n) is 9.86. The minimum atomic E-state index is -0.461. The highest BCUT2D eigenvalue weighted by atomic mass is 16.5. The topological polar surface area (TPSA) is 41.5 Å². The van der Waals surface area contributed by atoms with Gasteiger partial charge in [0.1, 0.15) is 5.75 Å². The molecule has 1 aromatic carbocycles. The van der Waals surface area contributed by atoms with E-state index in [1.807, 2.05) is 26.1 Å². The summed E-state index contributed by atoms with van der Waals surface area (Å²) in [7, 11) is 1.86. The van der Waals surface area contributed by atoms with Gasteiger partial charge in [-0.15, -0.1) is 0 Å². The van der Waals surface area contributed by atoms with E-state index in [1.165, 1.54) is 5.56 Å². The summed E-state index contributed by atoms with van der Waals surface area (Å²) in [6.07, 6.45) is 1.65. The first kappa shape index (κ1) is 11.4. The molecule has 0 radical (unpaired) electrons. The molecule has 0 fully saturated rings. The van der Waals surface area contributed by atoms with Crippen molar-refractivity contribution in [3.8, 4) is 5.75 Å². The number of ether oxygens (including phenoxy) is 1. The lowest BCUT2D eigenvalue weighted by Gasteiger charge is -2.22. The van der Waals surface area contributed by atoms with Crippen molar-refractivity contribution in [3.05, 3.63) is 29.3 Å². The largest absolute Gasteiger partial charge is 0.493 e. The Morgan fingerprint density at radius 3 is 3.00 bits per heavy atom. The molecule has 1 aliphatic rings. The van der Waals surface area contributed by atoms with Crippen molar-refractivity contribution in [2.45, 2.75) is 31.9 Å². The maximum absolute atomic E-state index is 10.1. The molecule has 0 spiro atoms. The molecule has 0 saturated heterocycles. The summed E-state index contributed by atoms with van der Waals surface area (Å²) in [5, 5.41) is 13.1. The van der Waals surface area contributed by atoms with E-state index in [1.54, 1.807) is 0 Å². The summed E-state index contributed by atoms with van der Waals surface area (Å²) >= 11 is 0. The van der Waals surface area contributed by atoms with Gasteiger partial charge in [0.2, 0.25) is 0 Å². The van der Waals surface area contributed by atoms with E-state index in [4.69, 9.17) is 4.74 Å². The van der Waals surface area contributed by atoms with Gasteiger partial charge in [0, 0.05) is 6.04 Å². The molecule has 1 aliphatic heterocycles. The number of benzene rings is 1. The van der Waals surface area contributed by atoms with Crippen molar-refractivity contribution in [3.63, 3.8) is 0 Å². The second kappa shape index (κ2) is 4.85. The Labute approximate surface area is 96.4 Å². The fourth-order valence-electron chi connectivity index (χ4n) is 2.01. The van der Waals surface area contributed by atoms with Crippen LogP contribution in [0.4, 0.5) is 0 Å². The standard InChI is InChI=1S/C13H19NO2/c1-9(14-2)13(15)11-5-6-12-10(8-11)4-3-7-16-12/h5-6,8-9,13-15H,3-4,7H2,1-2H3/t9-,13+/m1/s1. The van der Waals surface area contributed by atoms with Gasteiger partial charge in [0.05, 0.1) is 12.7 Å². The molecule has 0 aromatic heterocycles. The number of fused-ring (bicyclic) bond motifs is 1. The first-order valence-electron chi connectivity index (χ1n) is 5.83. The van der Waals surface area contributed by atoms with Gasteiger partial charge in [-0.3, -0.25) is 0 Å². The molecule has 16 heavy (non-hydrogen) atoms. The Hall–Kier alpha value is -1.06. The number of rotatable bonds is 3. The summed E-state index contributed by atoms with van der Waals surface area (Å²) < 4.78 is 5.55. The highest BCUT2D eigenvalue weighted by Gasteiger charge is 2.17. The first-order chi connectivity index (χ1) is 7.72. The fraction of sp³-hybridized carbons (Fsp3) is 0.538. The van der Waals surface area contributed by atoms with Crippen molar-refractivity contribution >= 4 is 0 Å². The zero-order chi connectivity index (χ0) is 11.5. The highest BCUT2D eigenvalue weighted by Crippen LogP contribution is 2.28. The summed E-state index contributed by atoms with van der Waals surface area (Å²) in [4.78, 5) is 0. The normalized spacial score (nSPS) is 18.4. The van der Waals surface area contributed by atoms with Crippen LogP contribution in [0.1, 0.15) is 30.6 Å². The van der Waals surface area contributed by atoms with E-state index < -0.39 is 6.10 Å². The van der Waals surface area contributed by atoms with Gasteiger partial charge in [-0.1, -0.05) is 6.07 Å². The molecule has 3 heteroatoms. The van der Waals surface area contributed by atoms with E-state index in [0.29, 0.717) is 0 Å². The second-order valence-corrected chi connectivity index (χ2v) is 4.34. The van der Waals surface area contributed by atoms with Crippen LogP contribution in [-0.2, 0) is 6.42 Å². The minimum Gasteiger partial charge on any atom is -0.493 e. The van der Waals surface area contributed by atoms with Gasteiger partial charge in [0.25, 0.3) is 0 Å². The van der Waals surface area contributed by atoms with Crippen molar-refractivity contribution < 1.29 is 9.84 Å². The third-order valence-corrected chi connectivity index (χ3v) is 3.20. The van der Waals surface area contributed by atoms with Gasteiger partial charge < -0.3 is 15.2 Å². The average molecular weight is 221 g/mol. The number of aryl methyl sites for hydroxylation is 1. The monoisotopic (exact) mass is 221 g/mol. The van der Waals surface area contributed by atoms with Crippen LogP contribution in [0.15, 0.2) is 18.2 Å². The van der Waals surface area contributed by atoms with E-state index in [-0.39, 0.29) is 6.04 Å². The number of aliphatic hydroxyl groups excluding tert-OH is 1. The molecule has 1 aromatic rings. The molecule has 0 amide bonds. The molecule has 2 N–H and O–H groups in total. The van der Waals surface area contributed by atoms with E-state index >= 15 is 0 Å². The van der Waals surface area contributed by atoms with Crippen molar-refractivity contribution in [2.24, 2.45) is 0 Å². The van der Waals surface area contributed by atoms with Crippen LogP contribution in [0.3, 0.4) is 0 Å². The van der Waals surface area contributed by atoms with Crippen molar-refractivity contribution in [1.82, 2.24) is 5.32 Å². The summed E-state index contributed by atoms with van der Waals surface area (Å²) in [6.45, 7) is 2.78. The predicted octanol–water partition coefficient (Wildman–Crippen LogP) is 1.65. The maximum Gasteiger partial charge on any atom is 0.122 e. The van der Waals surface area contributed by atoms with Crippen LogP contribution in [0.2, 0.25) is 0 Å². The summed E-state index contributed by atoms with van der Waals surface area (Å²) in [5.74, 6) is 0.972. The lowest BCUT2D eigenvalue weighted by Crippen LogP contribution is -2.28. The van der Waals surface area contributed by atoms with Crippen molar-refractivity contribution in [2.75, 3.05) is 13.7 Å². The number of likely N-dealkylation sites (N-methyl/N-ethyl adjacent to an activating group) is 1. The Balaban J connectivity index is 2.22. The van der Waals surface area contributed by atoms with Gasteiger partial charge in [-0.05, 0) is 50.1 Å². The molecule has 0 unspecified atom stereocenters.